The van der Waals surface area contributed by atoms with E-state index in [4.69, 9.17) is 16.3 Å². The monoisotopic (exact) mass is 543 g/mol. The van der Waals surface area contributed by atoms with Crippen LogP contribution in [-0.2, 0) is 32.6 Å². The van der Waals surface area contributed by atoms with Crippen molar-refractivity contribution in [3.05, 3.63) is 95.0 Å². The van der Waals surface area contributed by atoms with Crippen molar-refractivity contribution in [2.24, 2.45) is 0 Å². The van der Waals surface area contributed by atoms with Crippen molar-refractivity contribution in [1.82, 2.24) is 10.2 Å². The molecule has 196 valence electrons. The molecular formula is C27H30ClN3O5S. The number of hydrogen-bond acceptors (Lipinski definition) is 5. The lowest BCUT2D eigenvalue weighted by molar-refractivity contribution is -0.139. The fourth-order valence-electron chi connectivity index (χ4n) is 3.95. The molecule has 0 unspecified atom stereocenters. The second-order valence-electron chi connectivity index (χ2n) is 8.41. The Morgan fingerprint density at radius 3 is 2.11 bits per heavy atom. The lowest BCUT2D eigenvalue weighted by Crippen LogP contribution is -2.52. The number of carbonyl (C=O) groups is 2. The Balaban J connectivity index is 2.05. The number of benzene rings is 3. The van der Waals surface area contributed by atoms with Crippen molar-refractivity contribution in [3.8, 4) is 5.75 Å². The number of hydrogen-bond donors (Lipinski definition) is 1. The molecule has 0 radical (unpaired) electrons. The van der Waals surface area contributed by atoms with Gasteiger partial charge in [-0.3, -0.25) is 13.9 Å². The molecule has 1 N–H and O–H groups in total. The maximum atomic E-state index is 13.9. The van der Waals surface area contributed by atoms with Crippen LogP contribution in [0.4, 0.5) is 5.69 Å². The van der Waals surface area contributed by atoms with Gasteiger partial charge in [-0.05, 0) is 29.3 Å². The average molecular weight is 544 g/mol. The fraction of sp³-hybridized carbons (Fsp3) is 0.259. The number of likely N-dealkylation sites (N-methyl/N-ethyl adjacent to an activating group) is 1. The highest BCUT2D eigenvalue weighted by molar-refractivity contribution is 7.92. The number of rotatable bonds is 11. The SMILES string of the molecule is CNC(=O)[C@@H](Cc1ccccc1)N(Cc1ccccc1)C(=O)CN(c1cc(Cl)ccc1OC)S(C)(=O)=O. The van der Waals surface area contributed by atoms with Crippen LogP contribution in [0.25, 0.3) is 0 Å². The Morgan fingerprint density at radius 1 is 0.973 bits per heavy atom. The van der Waals surface area contributed by atoms with E-state index in [1.54, 1.807) is 6.07 Å². The number of nitrogens with zero attached hydrogens (tertiary/aromatic N) is 2. The van der Waals surface area contributed by atoms with Crippen LogP contribution in [0.3, 0.4) is 0 Å². The molecule has 0 fully saturated rings. The summed E-state index contributed by atoms with van der Waals surface area (Å²) >= 11 is 6.15. The van der Waals surface area contributed by atoms with Crippen molar-refractivity contribution in [2.75, 3.05) is 31.3 Å². The average Bonchev–Trinajstić information content (AvgIpc) is 2.89. The van der Waals surface area contributed by atoms with E-state index >= 15 is 0 Å². The normalized spacial score (nSPS) is 11.9. The molecule has 10 heteroatoms. The van der Waals surface area contributed by atoms with E-state index in [1.165, 1.54) is 31.2 Å². The van der Waals surface area contributed by atoms with Gasteiger partial charge in [-0.2, -0.15) is 0 Å². The maximum Gasteiger partial charge on any atom is 0.244 e. The molecule has 37 heavy (non-hydrogen) atoms. The minimum absolute atomic E-state index is 0.106. The number of sulfonamides is 1. The van der Waals surface area contributed by atoms with Crippen LogP contribution >= 0.6 is 11.6 Å². The third kappa shape index (κ3) is 7.47. The van der Waals surface area contributed by atoms with E-state index in [-0.39, 0.29) is 35.3 Å². The molecule has 0 aliphatic rings. The van der Waals surface area contributed by atoms with Crippen LogP contribution < -0.4 is 14.4 Å². The number of halogens is 1. The number of ether oxygens (including phenoxy) is 1. The molecule has 2 amide bonds. The summed E-state index contributed by atoms with van der Waals surface area (Å²) in [5, 5.41) is 2.93. The molecule has 8 nitrogen and oxygen atoms in total. The van der Waals surface area contributed by atoms with E-state index in [0.717, 1.165) is 21.7 Å². The van der Waals surface area contributed by atoms with Gasteiger partial charge < -0.3 is 15.0 Å². The molecular weight excluding hydrogens is 514 g/mol. The summed E-state index contributed by atoms with van der Waals surface area (Å²) in [5.74, 6) is -0.676. The standard InChI is InChI=1S/C27H30ClN3O5S/c1-29-27(33)24(16-20-10-6-4-7-11-20)30(18-21-12-8-5-9-13-21)26(32)19-31(37(3,34)35)23-17-22(28)14-15-25(23)36-2/h4-15,17,24H,16,18-19H2,1-3H3,(H,29,33)/t24-/m1/s1. The molecule has 0 saturated heterocycles. The summed E-state index contributed by atoms with van der Waals surface area (Å²) in [6.45, 7) is -0.445. The van der Waals surface area contributed by atoms with Crippen molar-refractivity contribution in [1.29, 1.82) is 0 Å². The Morgan fingerprint density at radius 2 is 1.57 bits per heavy atom. The Hall–Kier alpha value is -3.56. The van der Waals surface area contributed by atoms with Crippen molar-refractivity contribution < 1.29 is 22.7 Å². The number of nitrogens with one attached hydrogen (secondary N) is 1. The first-order valence-electron chi connectivity index (χ1n) is 11.5. The highest BCUT2D eigenvalue weighted by atomic mass is 35.5. The lowest BCUT2D eigenvalue weighted by Gasteiger charge is -2.33. The molecule has 1 atom stereocenters. The number of amides is 2. The van der Waals surface area contributed by atoms with E-state index in [1.807, 2.05) is 60.7 Å². The summed E-state index contributed by atoms with van der Waals surface area (Å²) < 4.78 is 32.0. The molecule has 0 heterocycles. The summed E-state index contributed by atoms with van der Waals surface area (Å²) in [6, 6.07) is 22.2. The molecule has 0 bridgehead atoms. The zero-order valence-corrected chi connectivity index (χ0v) is 22.5. The lowest BCUT2D eigenvalue weighted by atomic mass is 10.0. The Kier molecular flexibility index (Phi) is 9.54. The van der Waals surface area contributed by atoms with E-state index in [2.05, 4.69) is 5.32 Å². The molecule has 0 aliphatic carbocycles. The Labute approximate surface area is 222 Å². The van der Waals surface area contributed by atoms with Gasteiger partial charge in [-0.1, -0.05) is 72.3 Å². The van der Waals surface area contributed by atoms with Crippen molar-refractivity contribution in [3.63, 3.8) is 0 Å². The largest absolute Gasteiger partial charge is 0.495 e. The van der Waals surface area contributed by atoms with E-state index in [9.17, 15) is 18.0 Å². The van der Waals surface area contributed by atoms with Crippen molar-refractivity contribution >= 4 is 39.1 Å². The van der Waals surface area contributed by atoms with Crippen LogP contribution in [0, 0.1) is 0 Å². The third-order valence-corrected chi connectivity index (χ3v) is 7.16. The maximum absolute atomic E-state index is 13.9. The highest BCUT2D eigenvalue weighted by Crippen LogP contribution is 2.33. The number of methoxy groups -OCH3 is 1. The van der Waals surface area contributed by atoms with Crippen molar-refractivity contribution in [2.45, 2.75) is 19.0 Å². The zero-order chi connectivity index (χ0) is 27.0. The van der Waals surface area contributed by atoms with Gasteiger partial charge in [0.25, 0.3) is 0 Å². The van der Waals surface area contributed by atoms with Gasteiger partial charge >= 0.3 is 0 Å². The first kappa shape index (κ1) is 28.0. The van der Waals surface area contributed by atoms with Crippen LogP contribution in [0.2, 0.25) is 5.02 Å². The van der Waals surface area contributed by atoms with Gasteiger partial charge in [0, 0.05) is 25.0 Å². The highest BCUT2D eigenvalue weighted by Gasteiger charge is 2.33. The van der Waals surface area contributed by atoms with Gasteiger partial charge in [0.2, 0.25) is 21.8 Å². The predicted octanol–water partition coefficient (Wildman–Crippen LogP) is 3.50. The molecule has 0 spiro atoms. The summed E-state index contributed by atoms with van der Waals surface area (Å²) in [5.41, 5.74) is 1.78. The minimum atomic E-state index is -3.93. The smallest absolute Gasteiger partial charge is 0.244 e. The zero-order valence-electron chi connectivity index (χ0n) is 20.9. The molecule has 0 aromatic heterocycles. The second-order valence-corrected chi connectivity index (χ2v) is 10.8. The van der Waals surface area contributed by atoms with Crippen LogP contribution in [0.5, 0.6) is 5.75 Å². The number of carbonyl (C=O) groups excluding carboxylic acids is 2. The molecule has 0 saturated carbocycles. The summed E-state index contributed by atoms with van der Waals surface area (Å²) in [4.78, 5) is 28.4. The molecule has 3 aromatic rings. The van der Waals surface area contributed by atoms with E-state index in [0.29, 0.717) is 0 Å². The summed E-state index contributed by atoms with van der Waals surface area (Å²) in [6.07, 6.45) is 1.25. The van der Waals surface area contributed by atoms with Crippen LogP contribution in [0.1, 0.15) is 11.1 Å². The van der Waals surface area contributed by atoms with E-state index < -0.39 is 28.5 Å². The second kappa shape index (κ2) is 12.6. The van der Waals surface area contributed by atoms with Gasteiger partial charge in [0.1, 0.15) is 18.3 Å². The topological polar surface area (TPSA) is 96.0 Å². The molecule has 3 rings (SSSR count). The van der Waals surface area contributed by atoms with Gasteiger partial charge in [0.15, 0.2) is 0 Å². The number of anilines is 1. The van der Waals surface area contributed by atoms with Crippen LogP contribution in [-0.4, -0.2) is 58.1 Å². The first-order valence-corrected chi connectivity index (χ1v) is 13.8. The summed E-state index contributed by atoms with van der Waals surface area (Å²) in [7, 11) is -1.03. The van der Waals surface area contributed by atoms with Gasteiger partial charge in [-0.15, -0.1) is 0 Å². The van der Waals surface area contributed by atoms with Crippen LogP contribution in [0.15, 0.2) is 78.9 Å². The Bertz CT molecular complexity index is 1320. The minimum Gasteiger partial charge on any atom is -0.495 e. The van der Waals surface area contributed by atoms with Gasteiger partial charge in [-0.25, -0.2) is 8.42 Å². The third-order valence-electron chi connectivity index (χ3n) is 5.80. The first-order chi connectivity index (χ1) is 17.6. The predicted molar refractivity (Wildman–Crippen MR) is 145 cm³/mol. The molecule has 3 aromatic carbocycles. The van der Waals surface area contributed by atoms with Gasteiger partial charge in [0.05, 0.1) is 19.1 Å². The quantitative estimate of drug-likeness (QED) is 0.399. The molecule has 0 aliphatic heterocycles. The fourth-order valence-corrected chi connectivity index (χ4v) is 4.96.